The topological polar surface area (TPSA) is 63.1 Å². The van der Waals surface area contributed by atoms with Crippen molar-refractivity contribution >= 4 is 27.5 Å². The molecule has 1 heterocycles. The van der Waals surface area contributed by atoms with Crippen LogP contribution >= 0.6 is 0 Å². The van der Waals surface area contributed by atoms with Crippen molar-refractivity contribution in [2.24, 2.45) is 10.8 Å². The van der Waals surface area contributed by atoms with E-state index in [2.05, 4.69) is 64.1 Å². The molecule has 0 saturated heterocycles. The summed E-state index contributed by atoms with van der Waals surface area (Å²) in [5.74, 6) is 1.80. The Balaban J connectivity index is 0.000000301. The van der Waals surface area contributed by atoms with Gasteiger partial charge in [-0.2, -0.15) is 0 Å². The third kappa shape index (κ3) is 8.11. The van der Waals surface area contributed by atoms with E-state index in [1.807, 2.05) is 48.5 Å². The molecular weight excluding hydrogens is 769 g/mol. The van der Waals surface area contributed by atoms with E-state index in [9.17, 15) is 9.90 Å². The van der Waals surface area contributed by atoms with E-state index in [-0.39, 0.29) is 42.5 Å². The predicted molar refractivity (Wildman–Crippen MR) is 199 cm³/mol. The molecule has 4 aromatic rings. The molecule has 0 atom stereocenters. The van der Waals surface area contributed by atoms with Crippen LogP contribution in [-0.2, 0) is 24.9 Å². The quantitative estimate of drug-likeness (QED) is 0.0790. The van der Waals surface area contributed by atoms with Crippen LogP contribution in [0.1, 0.15) is 132 Å². The molecule has 3 aromatic carbocycles. The maximum atomic E-state index is 12.2. The molecule has 261 valence electrons. The standard InChI is InChI=1S/C28H29N2.C15H28O2.Ir/c1-16-12-17(2)14-23(13-16)27-24-11-10-22-15-18(3)25(21-8-6-7-9-21)19(4)26(22)28(24)30-20(5)29-27;1-7-14(5,8-2)12(16)11-13(17)15(6,9-3)10-4;/h10-13,15,21H,6-9H2,1-5H3;11,16H,7-10H2,1-6H3;/q-1;;/b;12-11-;. The van der Waals surface area contributed by atoms with Crippen molar-refractivity contribution in [1.29, 1.82) is 0 Å². The van der Waals surface area contributed by atoms with Crippen molar-refractivity contribution in [1.82, 2.24) is 9.97 Å². The Morgan fingerprint density at radius 2 is 1.50 bits per heavy atom. The Morgan fingerprint density at radius 3 is 2.06 bits per heavy atom. The summed E-state index contributed by atoms with van der Waals surface area (Å²) in [4.78, 5) is 22.0. The molecule has 0 amide bonds. The van der Waals surface area contributed by atoms with Gasteiger partial charge in [0.15, 0.2) is 5.78 Å². The van der Waals surface area contributed by atoms with Crippen LogP contribution in [0.25, 0.3) is 32.9 Å². The van der Waals surface area contributed by atoms with Crippen LogP contribution in [0.5, 0.6) is 0 Å². The first-order valence-electron chi connectivity index (χ1n) is 17.9. The fourth-order valence-electron chi connectivity index (χ4n) is 7.33. The Morgan fingerprint density at radius 1 is 0.896 bits per heavy atom. The zero-order chi connectivity index (χ0) is 34.7. The van der Waals surface area contributed by atoms with Gasteiger partial charge in [-0.25, -0.2) is 4.98 Å². The largest absolute Gasteiger partial charge is 0.512 e. The predicted octanol–water partition coefficient (Wildman–Crippen LogP) is 12.1. The zero-order valence-electron chi connectivity index (χ0n) is 31.3. The van der Waals surface area contributed by atoms with E-state index in [4.69, 9.17) is 9.97 Å². The van der Waals surface area contributed by atoms with Crippen molar-refractivity contribution in [3.8, 4) is 11.3 Å². The molecule has 4 nitrogen and oxygen atoms in total. The molecule has 1 aromatic heterocycles. The number of allylic oxidation sites excluding steroid dienone is 2. The first kappa shape index (κ1) is 39.6. The van der Waals surface area contributed by atoms with E-state index >= 15 is 0 Å². The van der Waals surface area contributed by atoms with Gasteiger partial charge in [-0.15, -0.1) is 34.9 Å². The van der Waals surface area contributed by atoms with E-state index < -0.39 is 0 Å². The van der Waals surface area contributed by atoms with Gasteiger partial charge < -0.3 is 5.11 Å². The molecule has 5 heteroatoms. The molecule has 5 rings (SSSR count). The summed E-state index contributed by atoms with van der Waals surface area (Å²) in [7, 11) is 0. The molecule has 1 aliphatic rings. The molecule has 1 radical (unpaired) electrons. The van der Waals surface area contributed by atoms with Gasteiger partial charge >= 0.3 is 0 Å². The number of aliphatic hydroxyl groups excluding tert-OH is 1. The molecular formula is C43H57IrN2O2-. The molecule has 0 spiro atoms. The average Bonchev–Trinajstić information content (AvgIpc) is 3.57. The van der Waals surface area contributed by atoms with Crippen molar-refractivity contribution in [3.05, 3.63) is 81.9 Å². The number of fused-ring (bicyclic) bond motifs is 3. The second kappa shape index (κ2) is 16.2. The summed E-state index contributed by atoms with van der Waals surface area (Å²) in [6.07, 6.45) is 10.1. The van der Waals surface area contributed by atoms with Crippen LogP contribution in [0.3, 0.4) is 0 Å². The number of carbonyl (C=O) groups excluding carboxylic acids is 1. The molecule has 1 saturated carbocycles. The summed E-state index contributed by atoms with van der Waals surface area (Å²) >= 11 is 0. The average molecular weight is 826 g/mol. The number of nitrogens with zero attached hydrogens (tertiary/aromatic N) is 2. The Kier molecular flexibility index (Phi) is 13.4. The van der Waals surface area contributed by atoms with Gasteiger partial charge in [0.1, 0.15) is 11.6 Å². The second-order valence-electron chi connectivity index (χ2n) is 14.6. The number of rotatable bonds is 9. The minimum absolute atomic E-state index is 0. The number of aryl methyl sites for hydroxylation is 5. The molecule has 48 heavy (non-hydrogen) atoms. The van der Waals surface area contributed by atoms with Crippen molar-refractivity contribution < 1.29 is 30.0 Å². The third-order valence-corrected chi connectivity index (χ3v) is 11.4. The number of ketones is 1. The SMILES string of the molecule is CCC(C)(CC)C(=O)/C=C(\O)C(C)(CC)CC.Cc1[c-]c(-c2nc(C)nc3c2ccc2cc(C)c(C4CCCC4)c(C)c23)cc(C)c1.[Ir]. The van der Waals surface area contributed by atoms with Crippen LogP contribution in [0, 0.1) is 51.5 Å². The fourth-order valence-corrected chi connectivity index (χ4v) is 7.33. The maximum Gasteiger partial charge on any atom is 0.164 e. The number of carbonyl (C=O) groups is 1. The first-order valence-corrected chi connectivity index (χ1v) is 17.9. The van der Waals surface area contributed by atoms with Gasteiger partial charge in [0, 0.05) is 42.4 Å². The van der Waals surface area contributed by atoms with Crippen molar-refractivity contribution in [2.45, 2.75) is 133 Å². The molecule has 0 aliphatic heterocycles. The van der Waals surface area contributed by atoms with Gasteiger partial charge in [0.2, 0.25) is 0 Å². The van der Waals surface area contributed by atoms with Crippen LogP contribution in [0.4, 0.5) is 0 Å². The minimum Gasteiger partial charge on any atom is -0.512 e. The summed E-state index contributed by atoms with van der Waals surface area (Å²) < 4.78 is 0. The van der Waals surface area contributed by atoms with Gasteiger partial charge in [-0.1, -0.05) is 86.4 Å². The van der Waals surface area contributed by atoms with Crippen LogP contribution in [-0.4, -0.2) is 20.9 Å². The van der Waals surface area contributed by atoms with Crippen molar-refractivity contribution in [2.75, 3.05) is 0 Å². The number of aliphatic hydroxyl groups is 1. The van der Waals surface area contributed by atoms with Crippen molar-refractivity contribution in [3.63, 3.8) is 0 Å². The van der Waals surface area contributed by atoms with E-state index in [0.29, 0.717) is 5.92 Å². The number of hydrogen-bond donors (Lipinski definition) is 1. The number of benzene rings is 3. The molecule has 0 bridgehead atoms. The minimum atomic E-state index is -0.337. The molecule has 1 fully saturated rings. The second-order valence-corrected chi connectivity index (χ2v) is 14.6. The maximum absolute atomic E-state index is 12.2. The third-order valence-electron chi connectivity index (χ3n) is 11.4. The smallest absolute Gasteiger partial charge is 0.164 e. The normalized spacial score (nSPS) is 14.2. The van der Waals surface area contributed by atoms with Crippen LogP contribution in [0.15, 0.2) is 42.2 Å². The Hall–Kier alpha value is -2.88. The van der Waals surface area contributed by atoms with Gasteiger partial charge in [0.25, 0.3) is 0 Å². The Labute approximate surface area is 303 Å². The molecule has 0 unspecified atom stereocenters. The monoisotopic (exact) mass is 826 g/mol. The fraction of sp³-hybridized carbons (Fsp3) is 0.512. The first-order chi connectivity index (χ1) is 22.2. The number of aromatic nitrogens is 2. The summed E-state index contributed by atoms with van der Waals surface area (Å²) in [5.41, 5.74) is 9.32. The van der Waals surface area contributed by atoms with E-state index in [1.165, 1.54) is 59.2 Å². The van der Waals surface area contributed by atoms with E-state index in [1.54, 1.807) is 5.56 Å². The summed E-state index contributed by atoms with van der Waals surface area (Å²) in [6, 6.07) is 14.7. The molecule has 1 aliphatic carbocycles. The summed E-state index contributed by atoms with van der Waals surface area (Å²) in [6.45, 7) is 22.9. The zero-order valence-corrected chi connectivity index (χ0v) is 33.7. The molecule has 1 N–H and O–H groups in total. The number of hydrogen-bond acceptors (Lipinski definition) is 4. The van der Waals surface area contributed by atoms with Crippen LogP contribution < -0.4 is 0 Å². The van der Waals surface area contributed by atoms with Gasteiger partial charge in [0.05, 0.1) is 5.52 Å². The van der Waals surface area contributed by atoms with Gasteiger partial charge in [-0.3, -0.25) is 9.78 Å². The van der Waals surface area contributed by atoms with E-state index in [0.717, 1.165) is 59.2 Å². The van der Waals surface area contributed by atoms with Gasteiger partial charge in [-0.05, 0) is 98.4 Å². The van der Waals surface area contributed by atoms with Crippen LogP contribution in [0.2, 0.25) is 0 Å². The summed E-state index contributed by atoms with van der Waals surface area (Å²) in [5, 5.41) is 13.8. The Bertz CT molecular complexity index is 1770.